The van der Waals surface area contributed by atoms with Crippen molar-refractivity contribution in [1.29, 1.82) is 5.26 Å². The third-order valence-electron chi connectivity index (χ3n) is 2.74. The smallest absolute Gasteiger partial charge is 0.330 e. The number of aromatic nitrogens is 2. The van der Waals surface area contributed by atoms with Gasteiger partial charge in [-0.2, -0.15) is 5.26 Å². The number of nitrogens with zero attached hydrogens (tertiary/aromatic N) is 2. The summed E-state index contributed by atoms with van der Waals surface area (Å²) in [5.74, 6) is 0. The van der Waals surface area contributed by atoms with Crippen LogP contribution in [-0.4, -0.2) is 33.5 Å². The molecule has 96 valence electrons. The number of H-pyrrole nitrogens is 1. The lowest BCUT2D eigenvalue weighted by Crippen LogP contribution is -2.33. The number of hydrogen-bond acceptors (Lipinski definition) is 5. The monoisotopic (exact) mass is 255 g/mol. The Morgan fingerprint density at radius 3 is 2.94 bits per heavy atom. The van der Waals surface area contributed by atoms with Crippen molar-refractivity contribution in [3.8, 4) is 6.07 Å². The Labute approximate surface area is 100 Å². The molecule has 1 aliphatic rings. The number of ether oxygens (including phenoxy) is 1. The number of alkyl halides is 1. The molecule has 1 aromatic heterocycles. The highest BCUT2D eigenvalue weighted by Gasteiger charge is 2.36. The molecule has 7 nitrogen and oxygen atoms in total. The Kier molecular flexibility index (Phi) is 3.27. The molecule has 0 aliphatic carbocycles. The summed E-state index contributed by atoms with van der Waals surface area (Å²) in [6.45, 7) is -0.499. The first-order valence-electron chi connectivity index (χ1n) is 5.22. The molecule has 0 saturated carbocycles. The molecule has 0 bridgehead atoms. The van der Waals surface area contributed by atoms with Gasteiger partial charge in [-0.05, 0) is 0 Å². The van der Waals surface area contributed by atoms with Gasteiger partial charge in [0.05, 0.1) is 6.61 Å². The van der Waals surface area contributed by atoms with E-state index < -0.39 is 36.4 Å². The molecule has 0 aromatic carbocycles. The van der Waals surface area contributed by atoms with E-state index in [0.29, 0.717) is 0 Å². The lowest BCUT2D eigenvalue weighted by atomic mass is 10.2. The third kappa shape index (κ3) is 2.05. The average molecular weight is 255 g/mol. The molecule has 0 radical (unpaired) electrons. The van der Waals surface area contributed by atoms with Crippen LogP contribution in [0, 0.1) is 11.3 Å². The number of nitriles is 1. The van der Waals surface area contributed by atoms with E-state index in [1.807, 2.05) is 4.98 Å². The van der Waals surface area contributed by atoms with E-state index >= 15 is 0 Å². The van der Waals surface area contributed by atoms with Crippen molar-refractivity contribution >= 4 is 0 Å². The topological polar surface area (TPSA) is 108 Å². The second kappa shape index (κ2) is 4.72. The van der Waals surface area contributed by atoms with Crippen LogP contribution in [0.5, 0.6) is 0 Å². The first-order valence-corrected chi connectivity index (χ1v) is 5.22. The number of rotatable bonds is 2. The van der Waals surface area contributed by atoms with Gasteiger partial charge in [-0.1, -0.05) is 0 Å². The SMILES string of the molecule is N#Cc1cn([C@H]2C[C@H](F)[C@@H](CO)O2)c(=O)[nH]c1=O. The first-order chi connectivity index (χ1) is 8.56. The van der Waals surface area contributed by atoms with Crippen LogP contribution in [0.2, 0.25) is 0 Å². The standard InChI is InChI=1S/C10H10FN3O4/c11-6-1-8(18-7(6)4-15)14-3-5(2-12)9(16)13-10(14)17/h3,6-8,15H,1,4H2,(H,13,16,17)/t6-,7+,8+/m0/s1. The van der Waals surface area contributed by atoms with Gasteiger partial charge in [-0.3, -0.25) is 14.3 Å². The van der Waals surface area contributed by atoms with Crippen molar-refractivity contribution in [3.63, 3.8) is 0 Å². The molecule has 0 spiro atoms. The Balaban J connectivity index is 2.39. The minimum absolute atomic E-state index is 0.123. The molecule has 18 heavy (non-hydrogen) atoms. The zero-order valence-corrected chi connectivity index (χ0v) is 9.17. The first kappa shape index (κ1) is 12.5. The number of aliphatic hydroxyl groups excluding tert-OH is 1. The van der Waals surface area contributed by atoms with Crippen molar-refractivity contribution in [2.45, 2.75) is 24.9 Å². The van der Waals surface area contributed by atoms with Gasteiger partial charge >= 0.3 is 5.69 Å². The fraction of sp³-hybridized carbons (Fsp3) is 0.500. The number of nitrogens with one attached hydrogen (secondary N) is 1. The second-order valence-corrected chi connectivity index (χ2v) is 3.88. The highest BCUT2D eigenvalue weighted by molar-refractivity contribution is 5.21. The molecule has 1 fully saturated rings. The van der Waals surface area contributed by atoms with Crippen LogP contribution in [0.15, 0.2) is 15.8 Å². The van der Waals surface area contributed by atoms with Crippen LogP contribution >= 0.6 is 0 Å². The van der Waals surface area contributed by atoms with Crippen molar-refractivity contribution in [2.75, 3.05) is 6.61 Å². The summed E-state index contributed by atoms with van der Waals surface area (Å²) >= 11 is 0. The largest absolute Gasteiger partial charge is 0.394 e. The maximum absolute atomic E-state index is 13.4. The van der Waals surface area contributed by atoms with Gasteiger partial charge < -0.3 is 9.84 Å². The van der Waals surface area contributed by atoms with Crippen LogP contribution in [0.4, 0.5) is 4.39 Å². The van der Waals surface area contributed by atoms with Gasteiger partial charge in [-0.15, -0.1) is 0 Å². The molecule has 2 N–H and O–H groups in total. The molecule has 3 atom stereocenters. The minimum atomic E-state index is -1.40. The summed E-state index contributed by atoms with van der Waals surface area (Å²) in [6, 6.07) is 1.62. The molecular formula is C10H10FN3O4. The van der Waals surface area contributed by atoms with Gasteiger partial charge in [0, 0.05) is 12.6 Å². The Hall–Kier alpha value is -1.98. The van der Waals surface area contributed by atoms with Crippen LogP contribution in [0.3, 0.4) is 0 Å². The summed E-state index contributed by atoms with van der Waals surface area (Å²) in [4.78, 5) is 24.7. The molecule has 2 heterocycles. The molecule has 8 heteroatoms. The average Bonchev–Trinajstić information content (AvgIpc) is 2.70. The van der Waals surface area contributed by atoms with Gasteiger partial charge in [0.15, 0.2) is 0 Å². The van der Waals surface area contributed by atoms with Crippen molar-refractivity contribution in [2.24, 2.45) is 0 Å². The maximum Gasteiger partial charge on any atom is 0.330 e. The molecular weight excluding hydrogens is 245 g/mol. The summed E-state index contributed by atoms with van der Waals surface area (Å²) in [5.41, 5.74) is -1.84. The zero-order valence-electron chi connectivity index (χ0n) is 9.17. The van der Waals surface area contributed by atoms with Crippen molar-refractivity contribution in [1.82, 2.24) is 9.55 Å². The normalized spacial score (nSPS) is 27.1. The molecule has 1 aliphatic heterocycles. The van der Waals surface area contributed by atoms with Crippen LogP contribution < -0.4 is 11.2 Å². The van der Waals surface area contributed by atoms with E-state index in [9.17, 15) is 14.0 Å². The van der Waals surface area contributed by atoms with Crippen LogP contribution in [0.1, 0.15) is 18.2 Å². The van der Waals surface area contributed by atoms with Crippen LogP contribution in [-0.2, 0) is 4.74 Å². The predicted molar refractivity (Wildman–Crippen MR) is 56.5 cm³/mol. The van der Waals surface area contributed by atoms with Gasteiger partial charge in [0.25, 0.3) is 5.56 Å². The van der Waals surface area contributed by atoms with E-state index in [2.05, 4.69) is 0 Å². The lowest BCUT2D eigenvalue weighted by molar-refractivity contribution is -0.0356. The second-order valence-electron chi connectivity index (χ2n) is 3.88. The minimum Gasteiger partial charge on any atom is -0.394 e. The zero-order chi connectivity index (χ0) is 13.3. The molecule has 1 saturated heterocycles. The lowest BCUT2D eigenvalue weighted by Gasteiger charge is -2.13. The summed E-state index contributed by atoms with van der Waals surface area (Å²) in [6.07, 6.45) is -2.43. The van der Waals surface area contributed by atoms with Gasteiger partial charge in [0.1, 0.15) is 30.1 Å². The molecule has 0 amide bonds. The fourth-order valence-corrected chi connectivity index (χ4v) is 1.80. The van der Waals surface area contributed by atoms with Crippen LogP contribution in [0.25, 0.3) is 0 Å². The van der Waals surface area contributed by atoms with E-state index in [-0.39, 0.29) is 12.0 Å². The van der Waals surface area contributed by atoms with E-state index in [0.717, 1.165) is 10.8 Å². The van der Waals surface area contributed by atoms with E-state index in [1.54, 1.807) is 6.07 Å². The van der Waals surface area contributed by atoms with Crippen molar-refractivity contribution < 1.29 is 14.2 Å². The molecule has 1 aromatic rings. The predicted octanol–water partition coefficient (Wildman–Crippen LogP) is -0.974. The Morgan fingerprint density at radius 1 is 1.67 bits per heavy atom. The fourth-order valence-electron chi connectivity index (χ4n) is 1.80. The summed E-state index contributed by atoms with van der Waals surface area (Å²) in [7, 11) is 0. The summed E-state index contributed by atoms with van der Waals surface area (Å²) < 4.78 is 19.5. The molecule has 2 rings (SSSR count). The highest BCUT2D eigenvalue weighted by Crippen LogP contribution is 2.29. The van der Waals surface area contributed by atoms with Crippen molar-refractivity contribution in [3.05, 3.63) is 32.6 Å². The molecule has 0 unspecified atom stereocenters. The van der Waals surface area contributed by atoms with Gasteiger partial charge in [-0.25, -0.2) is 9.18 Å². The highest BCUT2D eigenvalue weighted by atomic mass is 19.1. The summed E-state index contributed by atoms with van der Waals surface area (Å²) in [5, 5.41) is 17.5. The number of aromatic amines is 1. The Morgan fingerprint density at radius 2 is 2.39 bits per heavy atom. The Bertz CT molecular complexity index is 602. The van der Waals surface area contributed by atoms with E-state index in [4.69, 9.17) is 15.1 Å². The maximum atomic E-state index is 13.4. The number of halogens is 1. The third-order valence-corrected chi connectivity index (χ3v) is 2.74. The van der Waals surface area contributed by atoms with Gasteiger partial charge in [0.2, 0.25) is 0 Å². The number of aliphatic hydroxyl groups is 1. The quantitative estimate of drug-likeness (QED) is 0.706. The number of hydrogen-bond donors (Lipinski definition) is 2. The van der Waals surface area contributed by atoms with E-state index in [1.165, 1.54) is 0 Å².